The molecule has 1 unspecified atom stereocenters. The van der Waals surface area contributed by atoms with Gasteiger partial charge < -0.3 is 14.6 Å². The van der Waals surface area contributed by atoms with Crippen molar-refractivity contribution in [3.05, 3.63) is 42.0 Å². The van der Waals surface area contributed by atoms with E-state index in [-0.39, 0.29) is 13.2 Å². The fourth-order valence-corrected chi connectivity index (χ4v) is 3.14. The van der Waals surface area contributed by atoms with Gasteiger partial charge in [-0.15, -0.1) is 0 Å². The molecule has 1 aliphatic heterocycles. The van der Waals surface area contributed by atoms with Crippen LogP contribution in [-0.4, -0.2) is 52.4 Å². The first kappa shape index (κ1) is 24.0. The minimum atomic E-state index is -4.79. The van der Waals surface area contributed by atoms with Gasteiger partial charge in [-0.3, -0.25) is 25.3 Å². The standard InChI is InChI=1S/C19H22F3N3O6/c1-5-8-30-13-7-6-11(9-12(13)19(20,21)22)14(26)23-24-15(27)18(4)10-31-17(2,3)25(18)16(28)29/h5-7,9H,1,8,10H2,2-4H3,(H,23,26)(H,24,27)(H,28,29). The van der Waals surface area contributed by atoms with E-state index in [4.69, 9.17) is 9.47 Å². The molecule has 0 aromatic heterocycles. The van der Waals surface area contributed by atoms with Crippen molar-refractivity contribution in [3.8, 4) is 5.75 Å². The van der Waals surface area contributed by atoms with E-state index in [1.807, 2.05) is 10.9 Å². The number of rotatable bonds is 5. The fraction of sp³-hybridized carbons (Fsp3) is 0.421. The summed E-state index contributed by atoms with van der Waals surface area (Å²) in [6.45, 7) is 7.10. The smallest absolute Gasteiger partial charge is 0.419 e. The maximum Gasteiger partial charge on any atom is 0.419 e. The van der Waals surface area contributed by atoms with E-state index in [1.54, 1.807) is 0 Å². The molecule has 0 radical (unpaired) electrons. The number of carbonyl (C=O) groups excluding carboxylic acids is 2. The molecule has 1 saturated heterocycles. The fourth-order valence-electron chi connectivity index (χ4n) is 3.14. The van der Waals surface area contributed by atoms with Gasteiger partial charge in [0.25, 0.3) is 11.8 Å². The van der Waals surface area contributed by atoms with Crippen molar-refractivity contribution in [2.75, 3.05) is 13.2 Å². The number of hydrogen-bond acceptors (Lipinski definition) is 5. The second kappa shape index (κ2) is 8.46. The van der Waals surface area contributed by atoms with E-state index in [1.165, 1.54) is 26.8 Å². The Balaban J connectivity index is 2.18. The van der Waals surface area contributed by atoms with Crippen LogP contribution in [0.2, 0.25) is 0 Å². The van der Waals surface area contributed by atoms with Crippen LogP contribution in [0.25, 0.3) is 0 Å². The number of ether oxygens (including phenoxy) is 2. The maximum absolute atomic E-state index is 13.3. The van der Waals surface area contributed by atoms with Crippen LogP contribution in [0, 0.1) is 0 Å². The molecule has 0 spiro atoms. The highest BCUT2D eigenvalue weighted by Crippen LogP contribution is 2.37. The minimum Gasteiger partial charge on any atom is -0.489 e. The monoisotopic (exact) mass is 445 g/mol. The molecule has 1 aliphatic rings. The summed E-state index contributed by atoms with van der Waals surface area (Å²) in [5, 5.41) is 9.44. The van der Waals surface area contributed by atoms with Crippen molar-refractivity contribution in [3.63, 3.8) is 0 Å². The van der Waals surface area contributed by atoms with Crippen molar-refractivity contribution in [1.29, 1.82) is 0 Å². The molecule has 0 aliphatic carbocycles. The van der Waals surface area contributed by atoms with E-state index in [2.05, 4.69) is 6.58 Å². The molecule has 1 heterocycles. The number of hydrazine groups is 1. The van der Waals surface area contributed by atoms with E-state index in [9.17, 15) is 32.7 Å². The summed E-state index contributed by atoms with van der Waals surface area (Å²) >= 11 is 0. The summed E-state index contributed by atoms with van der Waals surface area (Å²) in [5.74, 6) is -2.45. The van der Waals surface area contributed by atoms with Crippen molar-refractivity contribution in [2.24, 2.45) is 0 Å². The lowest BCUT2D eigenvalue weighted by Gasteiger charge is -2.36. The van der Waals surface area contributed by atoms with Crippen LogP contribution in [0.4, 0.5) is 18.0 Å². The van der Waals surface area contributed by atoms with Crippen LogP contribution >= 0.6 is 0 Å². The Labute approximate surface area is 175 Å². The molecule has 0 bridgehead atoms. The molecule has 1 atom stereocenters. The van der Waals surface area contributed by atoms with Gasteiger partial charge in [-0.25, -0.2) is 4.79 Å². The zero-order valence-corrected chi connectivity index (χ0v) is 17.0. The Morgan fingerprint density at radius 2 is 1.94 bits per heavy atom. The number of carbonyl (C=O) groups is 3. The summed E-state index contributed by atoms with van der Waals surface area (Å²) in [4.78, 5) is 37.3. The lowest BCUT2D eigenvalue weighted by molar-refractivity contribution is -0.139. The molecule has 3 N–H and O–H groups in total. The Hall–Kier alpha value is -3.28. The summed E-state index contributed by atoms with van der Waals surface area (Å²) < 4.78 is 50.2. The Kier molecular flexibility index (Phi) is 6.54. The average Bonchev–Trinajstić information content (AvgIpc) is 2.93. The van der Waals surface area contributed by atoms with Crippen LogP contribution in [0.3, 0.4) is 0 Å². The van der Waals surface area contributed by atoms with Crippen LogP contribution in [0.1, 0.15) is 36.7 Å². The molecule has 1 fully saturated rings. The molecule has 3 amide bonds. The summed E-state index contributed by atoms with van der Waals surface area (Å²) in [6.07, 6.45) is -4.94. The molecule has 9 nitrogen and oxygen atoms in total. The Morgan fingerprint density at radius 3 is 2.48 bits per heavy atom. The van der Waals surface area contributed by atoms with Gasteiger partial charge in [0.15, 0.2) is 0 Å². The van der Waals surface area contributed by atoms with Gasteiger partial charge in [-0.05, 0) is 39.0 Å². The minimum absolute atomic E-state index is 0.165. The summed E-state index contributed by atoms with van der Waals surface area (Å²) in [5.41, 5.74) is -0.523. The first-order valence-corrected chi connectivity index (χ1v) is 8.97. The van der Waals surface area contributed by atoms with Crippen molar-refractivity contribution in [2.45, 2.75) is 38.2 Å². The molecule has 170 valence electrons. The van der Waals surface area contributed by atoms with E-state index in [0.717, 1.165) is 17.0 Å². The Bertz CT molecular complexity index is 902. The van der Waals surface area contributed by atoms with Crippen molar-refractivity contribution >= 4 is 17.9 Å². The predicted molar refractivity (Wildman–Crippen MR) is 101 cm³/mol. The number of amides is 3. The highest BCUT2D eigenvalue weighted by Gasteiger charge is 2.56. The number of carboxylic acid groups (broad SMARTS) is 1. The Morgan fingerprint density at radius 1 is 1.29 bits per heavy atom. The highest BCUT2D eigenvalue weighted by molar-refractivity contribution is 5.97. The summed E-state index contributed by atoms with van der Waals surface area (Å²) in [7, 11) is 0. The number of hydrogen-bond donors (Lipinski definition) is 3. The van der Waals surface area contributed by atoms with Gasteiger partial charge in [0.05, 0.1) is 12.2 Å². The lowest BCUT2D eigenvalue weighted by atomic mass is 10.0. The number of halogens is 3. The third-order valence-corrected chi connectivity index (χ3v) is 4.61. The average molecular weight is 445 g/mol. The van der Waals surface area contributed by atoms with E-state index >= 15 is 0 Å². The first-order valence-electron chi connectivity index (χ1n) is 8.97. The number of alkyl halides is 3. The van der Waals surface area contributed by atoms with Gasteiger partial charge in [-0.2, -0.15) is 13.2 Å². The quantitative estimate of drug-likeness (QED) is 0.474. The van der Waals surface area contributed by atoms with Crippen LogP contribution in [-0.2, 0) is 15.7 Å². The second-order valence-electron chi connectivity index (χ2n) is 7.34. The molecule has 2 rings (SSSR count). The van der Waals surface area contributed by atoms with Crippen LogP contribution in [0.5, 0.6) is 5.75 Å². The van der Waals surface area contributed by atoms with Crippen LogP contribution < -0.4 is 15.6 Å². The van der Waals surface area contributed by atoms with Gasteiger partial charge >= 0.3 is 12.3 Å². The van der Waals surface area contributed by atoms with Crippen LogP contribution in [0.15, 0.2) is 30.9 Å². The molecule has 1 aromatic carbocycles. The van der Waals surface area contributed by atoms with Gasteiger partial charge in [-0.1, -0.05) is 12.7 Å². The molecular formula is C19H22F3N3O6. The normalized spacial score (nSPS) is 20.1. The number of nitrogens with zero attached hydrogens (tertiary/aromatic N) is 1. The largest absolute Gasteiger partial charge is 0.489 e. The molecule has 0 saturated carbocycles. The zero-order chi connectivity index (χ0) is 23.6. The van der Waals surface area contributed by atoms with Gasteiger partial charge in [0.1, 0.15) is 23.6 Å². The number of nitrogens with one attached hydrogen (secondary N) is 2. The highest BCUT2D eigenvalue weighted by atomic mass is 19.4. The van der Waals surface area contributed by atoms with E-state index < -0.39 is 52.2 Å². The predicted octanol–water partition coefficient (Wildman–Crippen LogP) is 2.54. The number of benzene rings is 1. The molecule has 31 heavy (non-hydrogen) atoms. The topological polar surface area (TPSA) is 117 Å². The molecule has 1 aromatic rings. The lowest BCUT2D eigenvalue weighted by Crippen LogP contribution is -2.63. The summed E-state index contributed by atoms with van der Waals surface area (Å²) in [6, 6.07) is 2.64. The third kappa shape index (κ3) is 4.90. The van der Waals surface area contributed by atoms with Crippen molar-refractivity contribution in [1.82, 2.24) is 15.8 Å². The van der Waals surface area contributed by atoms with Gasteiger partial charge in [0, 0.05) is 5.56 Å². The van der Waals surface area contributed by atoms with E-state index in [0.29, 0.717) is 6.07 Å². The third-order valence-electron chi connectivity index (χ3n) is 4.61. The maximum atomic E-state index is 13.3. The SMILES string of the molecule is C=CCOc1ccc(C(=O)NNC(=O)C2(C)COC(C)(C)N2C(=O)O)cc1C(F)(F)F. The second-order valence-corrected chi connectivity index (χ2v) is 7.34. The molecule has 12 heteroatoms. The van der Waals surface area contributed by atoms with Gasteiger partial charge in [0.2, 0.25) is 0 Å². The first-order chi connectivity index (χ1) is 14.2. The van der Waals surface area contributed by atoms with Crippen molar-refractivity contribution < 1.29 is 42.1 Å². The zero-order valence-electron chi connectivity index (χ0n) is 17.0. The molecular weight excluding hydrogens is 423 g/mol.